The number of anilines is 1. The quantitative estimate of drug-likeness (QED) is 0.491. The summed E-state index contributed by atoms with van der Waals surface area (Å²) in [6.07, 6.45) is 1.96. The molecule has 0 aliphatic heterocycles. The van der Waals surface area contributed by atoms with Gasteiger partial charge in [0.1, 0.15) is 22.9 Å². The molecule has 1 N–H and O–H groups in total. The molecule has 0 atom stereocenters. The van der Waals surface area contributed by atoms with Crippen molar-refractivity contribution in [1.82, 2.24) is 9.38 Å². The van der Waals surface area contributed by atoms with Gasteiger partial charge in [0.25, 0.3) is 5.91 Å². The molecule has 0 saturated heterocycles. The van der Waals surface area contributed by atoms with E-state index in [1.807, 2.05) is 60.8 Å². The summed E-state index contributed by atoms with van der Waals surface area (Å²) >= 11 is 5.88. The van der Waals surface area contributed by atoms with Crippen LogP contribution in [0.5, 0.6) is 5.75 Å². The van der Waals surface area contributed by atoms with E-state index in [2.05, 4.69) is 5.32 Å². The molecule has 0 bridgehead atoms. The number of hydrogen-bond acceptors (Lipinski definition) is 3. The average molecular weight is 406 g/mol. The average Bonchev–Trinajstić information content (AvgIpc) is 3.05. The zero-order valence-corrected chi connectivity index (χ0v) is 16.9. The van der Waals surface area contributed by atoms with Gasteiger partial charge in [-0.2, -0.15) is 0 Å². The van der Waals surface area contributed by atoms with Crippen LogP contribution in [-0.4, -0.2) is 21.9 Å². The molecule has 0 saturated carbocycles. The van der Waals surface area contributed by atoms with Gasteiger partial charge < -0.3 is 10.1 Å². The maximum Gasteiger partial charge on any atom is 0.263 e. The molecular weight excluding hydrogens is 386 g/mol. The minimum Gasteiger partial charge on any atom is -0.484 e. The molecule has 146 valence electrons. The first kappa shape index (κ1) is 19.0. The standard InChI is InChI=1S/C23H20ClN3O2/c1-15-7-12-20-25-22(19-6-4-3-5-16(19)2)23(27(20)13-15)26-21(28)14-29-18-10-8-17(24)9-11-18/h3-13H,14H2,1-2H3,(H,26,28). The number of aromatic nitrogens is 2. The summed E-state index contributed by atoms with van der Waals surface area (Å²) in [6, 6.07) is 18.8. The molecule has 0 fully saturated rings. The maximum atomic E-state index is 12.6. The highest BCUT2D eigenvalue weighted by Crippen LogP contribution is 2.31. The van der Waals surface area contributed by atoms with Crippen molar-refractivity contribution >= 4 is 29.0 Å². The fourth-order valence-electron chi connectivity index (χ4n) is 3.14. The summed E-state index contributed by atoms with van der Waals surface area (Å²) in [5.41, 5.74) is 4.62. The zero-order valence-electron chi connectivity index (χ0n) is 16.1. The molecule has 2 heterocycles. The minimum atomic E-state index is -0.266. The van der Waals surface area contributed by atoms with Crippen LogP contribution in [-0.2, 0) is 4.79 Å². The van der Waals surface area contributed by atoms with E-state index >= 15 is 0 Å². The summed E-state index contributed by atoms with van der Waals surface area (Å²) in [5, 5.41) is 3.60. The summed E-state index contributed by atoms with van der Waals surface area (Å²) in [5.74, 6) is 0.943. The van der Waals surface area contributed by atoms with Crippen molar-refractivity contribution < 1.29 is 9.53 Å². The van der Waals surface area contributed by atoms with Crippen molar-refractivity contribution in [1.29, 1.82) is 0 Å². The van der Waals surface area contributed by atoms with E-state index in [-0.39, 0.29) is 12.5 Å². The summed E-state index contributed by atoms with van der Waals surface area (Å²) in [6.45, 7) is 3.91. The van der Waals surface area contributed by atoms with Gasteiger partial charge in [-0.25, -0.2) is 4.98 Å². The fraction of sp³-hybridized carbons (Fsp3) is 0.130. The van der Waals surface area contributed by atoms with Gasteiger partial charge in [0.05, 0.1) is 0 Å². The molecule has 6 heteroatoms. The Hall–Kier alpha value is -3.31. The van der Waals surface area contributed by atoms with E-state index in [0.29, 0.717) is 16.6 Å². The largest absolute Gasteiger partial charge is 0.484 e. The Morgan fingerprint density at radius 2 is 1.83 bits per heavy atom. The first-order valence-electron chi connectivity index (χ1n) is 9.24. The normalized spacial score (nSPS) is 10.9. The van der Waals surface area contributed by atoms with Crippen molar-refractivity contribution in [3.63, 3.8) is 0 Å². The van der Waals surface area contributed by atoms with E-state index in [9.17, 15) is 4.79 Å². The number of halogens is 1. The van der Waals surface area contributed by atoms with Crippen LogP contribution in [0.4, 0.5) is 5.82 Å². The van der Waals surface area contributed by atoms with Gasteiger partial charge >= 0.3 is 0 Å². The Morgan fingerprint density at radius 1 is 1.07 bits per heavy atom. The molecule has 0 radical (unpaired) electrons. The molecule has 4 rings (SSSR count). The Balaban J connectivity index is 1.65. The number of hydrogen-bond donors (Lipinski definition) is 1. The van der Waals surface area contributed by atoms with Gasteiger partial charge in [0, 0.05) is 16.8 Å². The molecule has 0 aliphatic rings. The fourth-order valence-corrected chi connectivity index (χ4v) is 3.27. The van der Waals surface area contributed by atoms with E-state index < -0.39 is 0 Å². The second-order valence-electron chi connectivity index (χ2n) is 6.85. The van der Waals surface area contributed by atoms with Crippen LogP contribution in [0.2, 0.25) is 5.02 Å². The second kappa shape index (κ2) is 7.97. The number of nitrogens with one attached hydrogen (secondary N) is 1. The molecule has 2 aromatic carbocycles. The number of pyridine rings is 1. The van der Waals surface area contributed by atoms with Crippen LogP contribution < -0.4 is 10.1 Å². The van der Waals surface area contributed by atoms with Crippen LogP contribution in [0, 0.1) is 13.8 Å². The Bertz CT molecular complexity index is 1180. The number of imidazole rings is 1. The molecule has 29 heavy (non-hydrogen) atoms. The van der Waals surface area contributed by atoms with Crippen molar-refractivity contribution in [3.05, 3.63) is 83.0 Å². The molecule has 5 nitrogen and oxygen atoms in total. The van der Waals surface area contributed by atoms with Gasteiger partial charge in [-0.1, -0.05) is 41.9 Å². The van der Waals surface area contributed by atoms with Gasteiger partial charge in [-0.05, 0) is 55.3 Å². The van der Waals surface area contributed by atoms with Gasteiger partial charge in [-0.15, -0.1) is 0 Å². The Kier molecular flexibility index (Phi) is 5.23. The summed E-state index contributed by atoms with van der Waals surface area (Å²) in [7, 11) is 0. The summed E-state index contributed by atoms with van der Waals surface area (Å²) < 4.78 is 7.48. The summed E-state index contributed by atoms with van der Waals surface area (Å²) in [4.78, 5) is 17.4. The first-order valence-corrected chi connectivity index (χ1v) is 9.62. The van der Waals surface area contributed by atoms with E-state index in [1.165, 1.54) is 0 Å². The van der Waals surface area contributed by atoms with Crippen LogP contribution >= 0.6 is 11.6 Å². The monoisotopic (exact) mass is 405 g/mol. The van der Waals surface area contributed by atoms with Crippen LogP contribution in [0.15, 0.2) is 66.9 Å². The number of carbonyl (C=O) groups excluding carboxylic acids is 1. The first-order chi connectivity index (χ1) is 14.0. The lowest BCUT2D eigenvalue weighted by Crippen LogP contribution is -2.21. The second-order valence-corrected chi connectivity index (χ2v) is 7.29. The molecule has 0 spiro atoms. The minimum absolute atomic E-state index is 0.117. The third kappa shape index (κ3) is 4.10. The SMILES string of the molecule is Cc1ccc2nc(-c3ccccc3C)c(NC(=O)COc3ccc(Cl)cc3)n2c1. The molecular formula is C23H20ClN3O2. The number of rotatable bonds is 5. The smallest absolute Gasteiger partial charge is 0.263 e. The predicted octanol–water partition coefficient (Wildman–Crippen LogP) is 5.29. The highest BCUT2D eigenvalue weighted by atomic mass is 35.5. The number of benzene rings is 2. The van der Waals surface area contributed by atoms with Crippen molar-refractivity contribution in [2.75, 3.05) is 11.9 Å². The van der Waals surface area contributed by atoms with Crippen molar-refractivity contribution in [2.45, 2.75) is 13.8 Å². The maximum absolute atomic E-state index is 12.6. The third-order valence-corrected chi connectivity index (χ3v) is 4.86. The highest BCUT2D eigenvalue weighted by Gasteiger charge is 2.18. The topological polar surface area (TPSA) is 55.6 Å². The third-order valence-electron chi connectivity index (χ3n) is 4.61. The van der Waals surface area contributed by atoms with E-state index in [1.54, 1.807) is 24.3 Å². The Morgan fingerprint density at radius 3 is 2.59 bits per heavy atom. The molecule has 2 aromatic heterocycles. The highest BCUT2D eigenvalue weighted by molar-refractivity contribution is 6.30. The van der Waals surface area contributed by atoms with Crippen LogP contribution in [0.1, 0.15) is 11.1 Å². The molecule has 4 aromatic rings. The Labute approximate surface area is 173 Å². The van der Waals surface area contributed by atoms with Crippen LogP contribution in [0.25, 0.3) is 16.9 Å². The number of amides is 1. The van der Waals surface area contributed by atoms with E-state index in [0.717, 1.165) is 28.0 Å². The lowest BCUT2D eigenvalue weighted by Gasteiger charge is -2.10. The lowest BCUT2D eigenvalue weighted by atomic mass is 10.1. The lowest BCUT2D eigenvalue weighted by molar-refractivity contribution is -0.118. The van der Waals surface area contributed by atoms with Crippen molar-refractivity contribution in [2.24, 2.45) is 0 Å². The molecule has 1 amide bonds. The van der Waals surface area contributed by atoms with Gasteiger partial charge in [-0.3, -0.25) is 9.20 Å². The van der Waals surface area contributed by atoms with Crippen LogP contribution in [0.3, 0.4) is 0 Å². The number of aryl methyl sites for hydroxylation is 2. The van der Waals surface area contributed by atoms with Gasteiger partial charge in [0.15, 0.2) is 6.61 Å². The number of fused-ring (bicyclic) bond motifs is 1. The van der Waals surface area contributed by atoms with E-state index in [4.69, 9.17) is 21.3 Å². The predicted molar refractivity (Wildman–Crippen MR) is 116 cm³/mol. The number of carbonyl (C=O) groups is 1. The molecule has 0 unspecified atom stereocenters. The number of ether oxygens (including phenoxy) is 1. The number of nitrogens with zero attached hydrogens (tertiary/aromatic N) is 2. The van der Waals surface area contributed by atoms with Gasteiger partial charge in [0.2, 0.25) is 0 Å². The van der Waals surface area contributed by atoms with Crippen molar-refractivity contribution in [3.8, 4) is 17.0 Å². The zero-order chi connectivity index (χ0) is 20.4. The molecule has 0 aliphatic carbocycles.